The fourth-order valence-electron chi connectivity index (χ4n) is 3.01. The average molecular weight is 324 g/mol. The fourth-order valence-corrected chi connectivity index (χ4v) is 3.01. The number of hydrogen-bond acceptors (Lipinski definition) is 3. The zero-order valence-electron chi connectivity index (χ0n) is 14.0. The Labute approximate surface area is 143 Å². The van der Waals surface area contributed by atoms with Crippen molar-refractivity contribution in [2.24, 2.45) is 0 Å². The highest BCUT2D eigenvalue weighted by Crippen LogP contribution is 2.21. The molecule has 0 saturated heterocycles. The van der Waals surface area contributed by atoms with E-state index >= 15 is 0 Å². The predicted octanol–water partition coefficient (Wildman–Crippen LogP) is 2.63. The Hall–Kier alpha value is -2.33. The van der Waals surface area contributed by atoms with E-state index in [2.05, 4.69) is 35.8 Å². The Morgan fingerprint density at radius 2 is 2.00 bits per heavy atom. The molecule has 1 aliphatic rings. The van der Waals surface area contributed by atoms with Crippen molar-refractivity contribution >= 4 is 5.91 Å². The van der Waals surface area contributed by atoms with E-state index in [-0.39, 0.29) is 18.6 Å². The van der Waals surface area contributed by atoms with Crippen LogP contribution in [0.25, 0.3) is 0 Å². The predicted molar refractivity (Wildman–Crippen MR) is 95.2 cm³/mol. The molecule has 0 aliphatic carbocycles. The third kappa shape index (κ3) is 4.15. The van der Waals surface area contributed by atoms with Crippen LogP contribution in [0.4, 0.5) is 0 Å². The third-order valence-corrected chi connectivity index (χ3v) is 4.42. The molecule has 4 heteroatoms. The van der Waals surface area contributed by atoms with Gasteiger partial charge in [-0.25, -0.2) is 0 Å². The summed E-state index contributed by atoms with van der Waals surface area (Å²) in [6, 6.07) is 16.4. The molecule has 3 rings (SSSR count). The van der Waals surface area contributed by atoms with Crippen LogP contribution < -0.4 is 15.4 Å². The van der Waals surface area contributed by atoms with E-state index in [9.17, 15) is 4.79 Å². The largest absolute Gasteiger partial charge is 0.484 e. The van der Waals surface area contributed by atoms with Gasteiger partial charge in [-0.15, -0.1) is 0 Å². The molecular weight excluding hydrogens is 300 g/mol. The summed E-state index contributed by atoms with van der Waals surface area (Å²) in [7, 11) is 0. The van der Waals surface area contributed by atoms with E-state index in [1.165, 1.54) is 16.7 Å². The van der Waals surface area contributed by atoms with E-state index in [1.807, 2.05) is 30.3 Å². The van der Waals surface area contributed by atoms with Gasteiger partial charge in [-0.1, -0.05) is 43.3 Å². The number of carbonyl (C=O) groups is 1. The number of hydrogen-bond donors (Lipinski definition) is 2. The maximum atomic E-state index is 12.0. The zero-order chi connectivity index (χ0) is 16.8. The molecule has 0 radical (unpaired) electrons. The Morgan fingerprint density at radius 3 is 2.79 bits per heavy atom. The summed E-state index contributed by atoms with van der Waals surface area (Å²) in [4.78, 5) is 12.0. The molecular formula is C20H24N2O2. The molecule has 2 aromatic carbocycles. The van der Waals surface area contributed by atoms with Crippen LogP contribution in [0, 0.1) is 0 Å². The Bertz CT molecular complexity index is 682. The number of ether oxygens (including phenoxy) is 1. The minimum absolute atomic E-state index is 0.0415. The minimum Gasteiger partial charge on any atom is -0.484 e. The van der Waals surface area contributed by atoms with E-state index in [4.69, 9.17) is 4.74 Å². The van der Waals surface area contributed by atoms with Gasteiger partial charge in [-0.05, 0) is 48.2 Å². The molecule has 24 heavy (non-hydrogen) atoms. The number of benzene rings is 2. The molecule has 1 unspecified atom stereocenters. The fraction of sp³-hybridized carbons (Fsp3) is 0.350. The number of carbonyl (C=O) groups excluding carboxylic acids is 1. The second-order valence-corrected chi connectivity index (χ2v) is 6.05. The van der Waals surface area contributed by atoms with Gasteiger partial charge in [0.25, 0.3) is 5.91 Å². The topological polar surface area (TPSA) is 50.4 Å². The van der Waals surface area contributed by atoms with E-state index in [0.717, 1.165) is 25.1 Å². The molecule has 4 nitrogen and oxygen atoms in total. The van der Waals surface area contributed by atoms with Crippen LogP contribution in [0.5, 0.6) is 5.75 Å². The van der Waals surface area contributed by atoms with E-state index in [0.29, 0.717) is 6.54 Å². The van der Waals surface area contributed by atoms with Crippen molar-refractivity contribution in [3.8, 4) is 5.75 Å². The summed E-state index contributed by atoms with van der Waals surface area (Å²) in [5.74, 6) is 0.628. The first-order valence-corrected chi connectivity index (χ1v) is 8.56. The summed E-state index contributed by atoms with van der Waals surface area (Å²) >= 11 is 0. The van der Waals surface area contributed by atoms with Crippen molar-refractivity contribution in [2.45, 2.75) is 25.8 Å². The second kappa shape index (κ2) is 7.97. The molecule has 0 bridgehead atoms. The molecule has 1 amide bonds. The zero-order valence-corrected chi connectivity index (χ0v) is 14.0. The number of rotatable bonds is 6. The highest BCUT2D eigenvalue weighted by atomic mass is 16.5. The molecule has 1 heterocycles. The van der Waals surface area contributed by atoms with Crippen LogP contribution in [-0.2, 0) is 17.6 Å². The monoisotopic (exact) mass is 324 g/mol. The van der Waals surface area contributed by atoms with Crippen LogP contribution in [0.15, 0.2) is 48.5 Å². The lowest BCUT2D eigenvalue weighted by atomic mass is 9.94. The van der Waals surface area contributed by atoms with Gasteiger partial charge in [0.15, 0.2) is 6.61 Å². The number of amides is 1. The quantitative estimate of drug-likeness (QED) is 0.859. The van der Waals surface area contributed by atoms with Crippen LogP contribution in [0.3, 0.4) is 0 Å². The maximum Gasteiger partial charge on any atom is 0.258 e. The summed E-state index contributed by atoms with van der Waals surface area (Å²) in [5.41, 5.74) is 3.90. The minimum atomic E-state index is -0.0978. The Balaban J connectivity index is 1.47. The van der Waals surface area contributed by atoms with Gasteiger partial charge in [0.2, 0.25) is 0 Å². The smallest absolute Gasteiger partial charge is 0.258 e. The normalized spacial score (nSPS) is 16.3. The first kappa shape index (κ1) is 16.5. The van der Waals surface area contributed by atoms with Crippen LogP contribution in [-0.4, -0.2) is 25.6 Å². The molecule has 0 fully saturated rings. The van der Waals surface area contributed by atoms with Gasteiger partial charge in [0, 0.05) is 12.6 Å². The van der Waals surface area contributed by atoms with Crippen molar-refractivity contribution in [3.63, 3.8) is 0 Å². The highest BCUT2D eigenvalue weighted by Gasteiger charge is 2.19. The van der Waals surface area contributed by atoms with Crippen LogP contribution in [0.2, 0.25) is 0 Å². The Kier molecular flexibility index (Phi) is 5.49. The molecule has 126 valence electrons. The van der Waals surface area contributed by atoms with Gasteiger partial charge in [0.05, 0.1) is 0 Å². The van der Waals surface area contributed by atoms with Crippen molar-refractivity contribution in [2.75, 3.05) is 19.7 Å². The first-order chi connectivity index (χ1) is 11.8. The summed E-state index contributed by atoms with van der Waals surface area (Å²) in [6.45, 7) is 3.67. The lowest BCUT2D eigenvalue weighted by Gasteiger charge is -2.27. The average Bonchev–Trinajstić information content (AvgIpc) is 2.65. The summed E-state index contributed by atoms with van der Waals surface area (Å²) in [5, 5.41) is 6.42. The van der Waals surface area contributed by atoms with Gasteiger partial charge >= 0.3 is 0 Å². The lowest BCUT2D eigenvalue weighted by molar-refractivity contribution is -0.123. The standard InChI is InChI=1S/C20H24N2O2/c1-2-15-7-9-17(10-8-15)24-14-20(23)22-13-19-18-6-4-3-5-16(18)11-12-21-19/h3-10,19,21H,2,11-14H2,1H3,(H,22,23). The van der Waals surface area contributed by atoms with Crippen molar-refractivity contribution in [1.82, 2.24) is 10.6 Å². The summed E-state index contributed by atoms with van der Waals surface area (Å²) in [6.07, 6.45) is 2.04. The van der Waals surface area contributed by atoms with E-state index < -0.39 is 0 Å². The number of nitrogens with one attached hydrogen (secondary N) is 2. The van der Waals surface area contributed by atoms with Gasteiger partial charge in [-0.3, -0.25) is 4.79 Å². The Morgan fingerprint density at radius 1 is 1.21 bits per heavy atom. The highest BCUT2D eigenvalue weighted by molar-refractivity contribution is 5.77. The van der Waals surface area contributed by atoms with Crippen molar-refractivity contribution in [3.05, 3.63) is 65.2 Å². The SMILES string of the molecule is CCc1ccc(OCC(=O)NCC2NCCc3ccccc32)cc1. The first-order valence-electron chi connectivity index (χ1n) is 8.56. The number of aryl methyl sites for hydroxylation is 1. The van der Waals surface area contributed by atoms with Crippen molar-refractivity contribution < 1.29 is 9.53 Å². The van der Waals surface area contributed by atoms with Gasteiger partial charge in [-0.2, -0.15) is 0 Å². The van der Waals surface area contributed by atoms with Crippen LogP contribution in [0.1, 0.15) is 29.7 Å². The molecule has 2 N–H and O–H groups in total. The van der Waals surface area contributed by atoms with E-state index in [1.54, 1.807) is 0 Å². The molecule has 0 saturated carbocycles. The second-order valence-electron chi connectivity index (χ2n) is 6.05. The number of fused-ring (bicyclic) bond motifs is 1. The summed E-state index contributed by atoms with van der Waals surface area (Å²) < 4.78 is 5.54. The van der Waals surface area contributed by atoms with Crippen LogP contribution >= 0.6 is 0 Å². The maximum absolute atomic E-state index is 12.0. The van der Waals surface area contributed by atoms with Crippen molar-refractivity contribution in [1.29, 1.82) is 0 Å². The molecule has 1 atom stereocenters. The van der Waals surface area contributed by atoms with Gasteiger partial charge in [0.1, 0.15) is 5.75 Å². The van der Waals surface area contributed by atoms with Gasteiger partial charge < -0.3 is 15.4 Å². The molecule has 0 spiro atoms. The lowest BCUT2D eigenvalue weighted by Crippen LogP contribution is -2.40. The molecule has 0 aromatic heterocycles. The third-order valence-electron chi connectivity index (χ3n) is 4.42. The molecule has 2 aromatic rings. The molecule has 1 aliphatic heterocycles.